The van der Waals surface area contributed by atoms with Gasteiger partial charge in [0.2, 0.25) is 6.20 Å². The molecule has 1 heterocycles. The minimum Gasteiger partial charge on any atom is -0.539 e. The Morgan fingerprint density at radius 2 is 1.71 bits per heavy atom. The van der Waals surface area contributed by atoms with E-state index in [2.05, 4.69) is 9.79 Å². The van der Waals surface area contributed by atoms with E-state index in [-0.39, 0.29) is 0 Å². The van der Waals surface area contributed by atoms with Crippen molar-refractivity contribution in [1.29, 1.82) is 0 Å². The van der Waals surface area contributed by atoms with Crippen LogP contribution in [0.3, 0.4) is 0 Å². The van der Waals surface area contributed by atoms with Gasteiger partial charge in [0.1, 0.15) is 5.95 Å². The Balaban J connectivity index is 3.19. The van der Waals surface area contributed by atoms with Crippen molar-refractivity contribution >= 4 is 0 Å². The van der Waals surface area contributed by atoms with Crippen molar-refractivity contribution in [3.63, 3.8) is 0 Å². The summed E-state index contributed by atoms with van der Waals surface area (Å²) in [4.78, 5) is 26.4. The molecular formula is C4H3N5O8. The van der Waals surface area contributed by atoms with Crippen LogP contribution >= 0.6 is 0 Å². The van der Waals surface area contributed by atoms with Gasteiger partial charge in [-0.15, -0.1) is 0 Å². The third-order valence-corrected chi connectivity index (χ3v) is 1.74. The van der Waals surface area contributed by atoms with Gasteiger partial charge in [0, 0.05) is 0 Å². The Labute approximate surface area is 90.3 Å². The average molecular weight is 249 g/mol. The second kappa shape index (κ2) is 3.95. The lowest BCUT2D eigenvalue weighted by Crippen LogP contribution is -2.62. The van der Waals surface area contributed by atoms with E-state index >= 15 is 0 Å². The zero-order valence-corrected chi connectivity index (χ0v) is 7.79. The number of hydrogen-bond acceptors (Lipinski definition) is 9. The molecule has 1 rings (SSSR count). The number of nitrogens with zero attached hydrogens (tertiary/aromatic N) is 5. The van der Waals surface area contributed by atoms with E-state index in [1.54, 1.807) is 0 Å². The van der Waals surface area contributed by atoms with Crippen molar-refractivity contribution in [2.24, 2.45) is 0 Å². The molecule has 0 bridgehead atoms. The molecule has 0 saturated heterocycles. The van der Waals surface area contributed by atoms with E-state index in [1.165, 1.54) is 0 Å². The van der Waals surface area contributed by atoms with Crippen LogP contribution in [-0.2, 0) is 6.54 Å². The van der Waals surface area contributed by atoms with Crippen LogP contribution in [0.15, 0.2) is 10.7 Å². The maximum Gasteiger partial charge on any atom is 0.761 e. The highest BCUT2D eigenvalue weighted by Gasteiger charge is 2.75. The summed E-state index contributed by atoms with van der Waals surface area (Å²) in [6.07, 6.45) is 0.519. The maximum absolute atomic E-state index is 10.5. The van der Waals surface area contributed by atoms with E-state index in [1.807, 2.05) is 0 Å². The molecule has 0 aromatic carbocycles. The Morgan fingerprint density at radius 3 is 2.00 bits per heavy atom. The molecule has 13 heteroatoms. The molecule has 1 aromatic heterocycles. The highest BCUT2D eigenvalue weighted by Crippen LogP contribution is 2.12. The standard InChI is InChI=1S/C4H3N5O8/c10-3-1-6(5-17-3)2-4(7(11)12,8(13)14)9(15)16/h1H,2H2. The van der Waals surface area contributed by atoms with Crippen molar-refractivity contribution in [1.82, 2.24) is 5.27 Å². The second-order valence-corrected chi connectivity index (χ2v) is 2.76. The number of rotatable bonds is 5. The van der Waals surface area contributed by atoms with Gasteiger partial charge in [0.15, 0.2) is 14.8 Å². The SMILES string of the molecule is O=[N+]([O-])C(C[n+]1cc([O-])on1)([N+](=O)[O-])[N+](=O)[O-]. The Bertz CT molecular complexity index is 444. The lowest BCUT2D eigenvalue weighted by molar-refractivity contribution is -1.01. The average Bonchev–Trinajstić information content (AvgIpc) is 2.58. The Morgan fingerprint density at radius 1 is 1.24 bits per heavy atom. The van der Waals surface area contributed by atoms with Gasteiger partial charge in [-0.3, -0.25) is 30.3 Å². The van der Waals surface area contributed by atoms with Crippen LogP contribution in [0, 0.1) is 30.3 Å². The summed E-state index contributed by atoms with van der Waals surface area (Å²) in [6, 6.07) is 0. The molecule has 13 nitrogen and oxygen atoms in total. The van der Waals surface area contributed by atoms with Gasteiger partial charge in [-0.1, -0.05) is 4.68 Å². The zero-order chi connectivity index (χ0) is 13.2. The van der Waals surface area contributed by atoms with Gasteiger partial charge in [-0.25, -0.2) is 0 Å². The molecule has 0 spiro atoms. The van der Waals surface area contributed by atoms with Crippen LogP contribution in [0.2, 0.25) is 0 Å². The first-order chi connectivity index (χ1) is 7.80. The third kappa shape index (κ3) is 1.92. The van der Waals surface area contributed by atoms with Crippen LogP contribution in [0.4, 0.5) is 0 Å². The first-order valence-corrected chi connectivity index (χ1v) is 3.77. The van der Waals surface area contributed by atoms with Crippen LogP contribution in [0.25, 0.3) is 0 Å². The van der Waals surface area contributed by atoms with Gasteiger partial charge in [0.05, 0.1) is 5.27 Å². The monoisotopic (exact) mass is 249 g/mol. The van der Waals surface area contributed by atoms with E-state index in [9.17, 15) is 35.4 Å². The van der Waals surface area contributed by atoms with Crippen molar-refractivity contribution in [3.8, 4) is 5.95 Å². The first-order valence-electron chi connectivity index (χ1n) is 3.77. The molecule has 0 N–H and O–H groups in total. The smallest absolute Gasteiger partial charge is 0.539 e. The quantitative estimate of drug-likeness (QED) is 0.236. The van der Waals surface area contributed by atoms with Crippen molar-refractivity contribution in [2.45, 2.75) is 12.3 Å². The maximum atomic E-state index is 10.5. The van der Waals surface area contributed by atoms with Crippen molar-refractivity contribution in [2.75, 3.05) is 0 Å². The fourth-order valence-electron chi connectivity index (χ4n) is 0.927. The Kier molecular flexibility index (Phi) is 2.84. The topological polar surface area (TPSA) is 182 Å². The lowest BCUT2D eigenvalue weighted by Gasteiger charge is -2.03. The predicted octanol–water partition coefficient (Wildman–Crippen LogP) is -2.48. The minimum absolute atomic E-state index is 0.316. The molecule has 0 aliphatic rings. The summed E-state index contributed by atoms with van der Waals surface area (Å²) in [6.45, 7) is -1.37. The van der Waals surface area contributed by atoms with Gasteiger partial charge in [0.25, 0.3) is 0 Å². The van der Waals surface area contributed by atoms with Crippen LogP contribution in [-0.4, -0.2) is 25.8 Å². The first kappa shape index (κ1) is 12.2. The van der Waals surface area contributed by atoms with Crippen molar-refractivity contribution in [3.05, 3.63) is 36.5 Å². The normalized spacial score (nSPS) is 11.1. The molecule has 0 saturated carbocycles. The molecule has 0 fully saturated rings. The van der Waals surface area contributed by atoms with Gasteiger partial charge in [-0.2, -0.15) is 0 Å². The largest absolute Gasteiger partial charge is 0.761 e. The van der Waals surface area contributed by atoms with Gasteiger partial charge < -0.3 is 9.63 Å². The molecule has 0 amide bonds. The summed E-state index contributed by atoms with van der Waals surface area (Å²) >= 11 is 0. The molecular weight excluding hydrogens is 246 g/mol. The van der Waals surface area contributed by atoms with Gasteiger partial charge >= 0.3 is 12.3 Å². The number of hydrogen-bond donors (Lipinski definition) is 0. The minimum atomic E-state index is -3.71. The van der Waals surface area contributed by atoms with Gasteiger partial charge in [-0.05, 0) is 0 Å². The van der Waals surface area contributed by atoms with E-state index in [4.69, 9.17) is 0 Å². The number of aromatic nitrogens is 2. The fourth-order valence-corrected chi connectivity index (χ4v) is 0.927. The van der Waals surface area contributed by atoms with Crippen LogP contribution in [0.5, 0.6) is 5.95 Å². The molecule has 0 radical (unpaired) electrons. The molecule has 0 aliphatic carbocycles. The molecule has 1 aromatic rings. The summed E-state index contributed by atoms with van der Waals surface area (Å²) in [5.74, 6) is -4.76. The highest BCUT2D eigenvalue weighted by atomic mass is 16.7. The van der Waals surface area contributed by atoms with Crippen LogP contribution < -0.4 is 9.79 Å². The summed E-state index contributed by atoms with van der Waals surface area (Å²) in [5.41, 5.74) is 0. The molecule has 92 valence electrons. The predicted molar refractivity (Wildman–Crippen MR) is 39.9 cm³/mol. The molecule has 0 atom stereocenters. The summed E-state index contributed by atoms with van der Waals surface area (Å²) in [5, 5.41) is 44.9. The van der Waals surface area contributed by atoms with E-state index < -0.39 is 33.0 Å². The molecule has 0 unspecified atom stereocenters. The fraction of sp³-hybridized carbons (Fsp3) is 0.500. The van der Waals surface area contributed by atoms with E-state index in [0.717, 1.165) is 0 Å². The van der Waals surface area contributed by atoms with Crippen molar-refractivity contribution < 1.29 is 29.1 Å². The molecule has 0 aliphatic heterocycles. The Hall–Kier alpha value is -2.86. The summed E-state index contributed by atoms with van der Waals surface area (Å²) < 4.78 is 4.26. The van der Waals surface area contributed by atoms with Crippen LogP contribution in [0.1, 0.15) is 0 Å². The highest BCUT2D eigenvalue weighted by molar-refractivity contribution is 4.80. The lowest BCUT2D eigenvalue weighted by atomic mass is 10.4. The second-order valence-electron chi connectivity index (χ2n) is 2.76. The number of nitro groups is 3. The molecule has 17 heavy (non-hydrogen) atoms. The summed E-state index contributed by atoms with van der Waals surface area (Å²) in [7, 11) is 0. The third-order valence-electron chi connectivity index (χ3n) is 1.74. The van der Waals surface area contributed by atoms with E-state index in [0.29, 0.717) is 10.9 Å². The zero-order valence-electron chi connectivity index (χ0n) is 7.79.